The Hall–Kier alpha value is -2.54. The van der Waals surface area contributed by atoms with E-state index in [1.54, 1.807) is 7.11 Å². The standard InChI is InChI=1S/C21H28N2O5/c1-13-19(20(24)22-17(21(25)26)10-11-27-2)16-12-15(28-3)8-9-18(16)23(13)14-6-4-5-7-14/h8-9,12,14,17H,4-7,10-11H2,1-3H3,(H,22,24)(H,25,26). The van der Waals surface area contributed by atoms with Crippen LogP contribution in [0.5, 0.6) is 5.75 Å². The van der Waals surface area contributed by atoms with Crippen molar-refractivity contribution in [2.24, 2.45) is 0 Å². The number of methoxy groups -OCH3 is 2. The summed E-state index contributed by atoms with van der Waals surface area (Å²) < 4.78 is 12.6. The van der Waals surface area contributed by atoms with Crippen molar-refractivity contribution in [1.82, 2.24) is 9.88 Å². The van der Waals surface area contributed by atoms with E-state index in [1.165, 1.54) is 20.0 Å². The predicted molar refractivity (Wildman–Crippen MR) is 106 cm³/mol. The van der Waals surface area contributed by atoms with Gasteiger partial charge in [-0.3, -0.25) is 4.79 Å². The van der Waals surface area contributed by atoms with E-state index in [0.29, 0.717) is 17.4 Å². The van der Waals surface area contributed by atoms with E-state index in [-0.39, 0.29) is 18.9 Å². The highest BCUT2D eigenvalue weighted by atomic mass is 16.5. The fourth-order valence-electron chi connectivity index (χ4n) is 4.19. The second-order valence-corrected chi connectivity index (χ2v) is 7.30. The number of carbonyl (C=O) groups is 2. The van der Waals surface area contributed by atoms with Gasteiger partial charge < -0.3 is 24.5 Å². The van der Waals surface area contributed by atoms with Gasteiger partial charge in [0.05, 0.1) is 12.7 Å². The van der Waals surface area contributed by atoms with Crippen LogP contribution in [0.3, 0.4) is 0 Å². The van der Waals surface area contributed by atoms with Crippen molar-refractivity contribution in [3.63, 3.8) is 0 Å². The smallest absolute Gasteiger partial charge is 0.326 e. The van der Waals surface area contributed by atoms with Crippen LogP contribution in [0, 0.1) is 6.92 Å². The second kappa shape index (κ2) is 8.65. The number of nitrogens with zero attached hydrogens (tertiary/aromatic N) is 1. The number of carboxylic acid groups (broad SMARTS) is 1. The molecule has 1 heterocycles. The number of fused-ring (bicyclic) bond motifs is 1. The molecule has 2 aromatic rings. The van der Waals surface area contributed by atoms with Gasteiger partial charge in [-0.05, 0) is 38.0 Å². The normalized spacial score (nSPS) is 15.7. The van der Waals surface area contributed by atoms with E-state index in [1.807, 2.05) is 25.1 Å². The number of hydrogen-bond acceptors (Lipinski definition) is 4. The maximum Gasteiger partial charge on any atom is 0.326 e. The minimum absolute atomic E-state index is 0.210. The Morgan fingerprint density at radius 1 is 1.29 bits per heavy atom. The average Bonchev–Trinajstić information content (AvgIpc) is 3.29. The zero-order valence-electron chi connectivity index (χ0n) is 16.7. The molecule has 7 nitrogen and oxygen atoms in total. The first kappa shape index (κ1) is 20.2. The first-order chi connectivity index (χ1) is 13.5. The van der Waals surface area contributed by atoms with Crippen LogP contribution in [-0.4, -0.2) is 48.4 Å². The Morgan fingerprint density at radius 2 is 2.00 bits per heavy atom. The Labute approximate surface area is 164 Å². The minimum Gasteiger partial charge on any atom is -0.497 e. The Kier molecular flexibility index (Phi) is 6.24. The number of amides is 1. The Balaban J connectivity index is 2.04. The molecule has 1 amide bonds. The molecule has 1 aromatic heterocycles. The number of rotatable bonds is 8. The molecule has 0 radical (unpaired) electrons. The van der Waals surface area contributed by atoms with Crippen LogP contribution in [0.2, 0.25) is 0 Å². The molecule has 0 bridgehead atoms. The SMILES string of the molecule is COCCC(NC(=O)c1c(C)n(C2CCCC2)c2ccc(OC)cc12)C(=O)O. The summed E-state index contributed by atoms with van der Waals surface area (Å²) in [5.74, 6) is -0.782. The van der Waals surface area contributed by atoms with Crippen LogP contribution in [0.1, 0.15) is 54.2 Å². The molecule has 28 heavy (non-hydrogen) atoms. The van der Waals surface area contributed by atoms with Gasteiger partial charge in [-0.15, -0.1) is 0 Å². The van der Waals surface area contributed by atoms with Gasteiger partial charge in [0.2, 0.25) is 0 Å². The van der Waals surface area contributed by atoms with Gasteiger partial charge >= 0.3 is 5.97 Å². The number of carboxylic acids is 1. The molecular formula is C21H28N2O5. The van der Waals surface area contributed by atoms with E-state index in [9.17, 15) is 14.7 Å². The lowest BCUT2D eigenvalue weighted by Gasteiger charge is -2.17. The number of ether oxygens (including phenoxy) is 2. The zero-order valence-corrected chi connectivity index (χ0v) is 16.7. The first-order valence-electron chi connectivity index (χ1n) is 9.69. The maximum atomic E-state index is 13.1. The summed E-state index contributed by atoms with van der Waals surface area (Å²) >= 11 is 0. The van der Waals surface area contributed by atoms with Crippen molar-refractivity contribution in [3.8, 4) is 5.75 Å². The number of nitrogens with one attached hydrogen (secondary N) is 1. The van der Waals surface area contributed by atoms with Crippen LogP contribution >= 0.6 is 0 Å². The van der Waals surface area contributed by atoms with Crippen LogP contribution in [0.4, 0.5) is 0 Å². The summed E-state index contributed by atoms with van der Waals surface area (Å²) in [6.45, 7) is 2.19. The van der Waals surface area contributed by atoms with Crippen LogP contribution in [0.15, 0.2) is 18.2 Å². The Morgan fingerprint density at radius 3 is 2.61 bits per heavy atom. The summed E-state index contributed by atoms with van der Waals surface area (Å²) in [5, 5.41) is 12.9. The van der Waals surface area contributed by atoms with E-state index in [4.69, 9.17) is 9.47 Å². The highest BCUT2D eigenvalue weighted by molar-refractivity contribution is 6.09. The van der Waals surface area contributed by atoms with Crippen LogP contribution in [0.25, 0.3) is 10.9 Å². The van der Waals surface area contributed by atoms with Gasteiger partial charge in [-0.25, -0.2) is 4.79 Å². The fraction of sp³-hybridized carbons (Fsp3) is 0.524. The molecular weight excluding hydrogens is 360 g/mol. The van der Waals surface area contributed by atoms with Gasteiger partial charge in [0, 0.05) is 42.8 Å². The summed E-state index contributed by atoms with van der Waals surface area (Å²) in [6, 6.07) is 5.10. The molecule has 2 N–H and O–H groups in total. The number of benzene rings is 1. The largest absolute Gasteiger partial charge is 0.497 e. The van der Waals surface area contributed by atoms with Crippen molar-refractivity contribution in [1.29, 1.82) is 0 Å². The van der Waals surface area contributed by atoms with Gasteiger partial charge in [0.15, 0.2) is 0 Å². The quantitative estimate of drug-likeness (QED) is 0.724. The molecule has 0 saturated heterocycles. The molecule has 1 aromatic carbocycles. The monoisotopic (exact) mass is 388 g/mol. The zero-order chi connectivity index (χ0) is 20.3. The lowest BCUT2D eigenvalue weighted by molar-refractivity contribution is -0.139. The van der Waals surface area contributed by atoms with E-state index < -0.39 is 12.0 Å². The van der Waals surface area contributed by atoms with Crippen molar-refractivity contribution >= 4 is 22.8 Å². The summed E-state index contributed by atoms with van der Waals surface area (Å²) in [6.07, 6.45) is 4.74. The van der Waals surface area contributed by atoms with E-state index in [2.05, 4.69) is 9.88 Å². The molecule has 1 saturated carbocycles. The highest BCUT2D eigenvalue weighted by Gasteiger charge is 2.28. The molecule has 1 aliphatic carbocycles. The Bertz CT molecular complexity index is 867. The average molecular weight is 388 g/mol. The van der Waals surface area contributed by atoms with Gasteiger partial charge in [-0.2, -0.15) is 0 Å². The predicted octanol–water partition coefficient (Wildman–Crippen LogP) is 3.29. The lowest BCUT2D eigenvalue weighted by atomic mass is 10.1. The van der Waals surface area contributed by atoms with Crippen LogP contribution < -0.4 is 10.1 Å². The number of hydrogen-bond donors (Lipinski definition) is 2. The maximum absolute atomic E-state index is 13.1. The molecule has 7 heteroatoms. The first-order valence-corrected chi connectivity index (χ1v) is 9.69. The van der Waals surface area contributed by atoms with Gasteiger partial charge in [0.25, 0.3) is 5.91 Å². The van der Waals surface area contributed by atoms with Crippen molar-refractivity contribution in [2.45, 2.75) is 51.1 Å². The molecule has 152 valence electrons. The van der Waals surface area contributed by atoms with Gasteiger partial charge in [0.1, 0.15) is 11.8 Å². The summed E-state index contributed by atoms with van der Waals surface area (Å²) in [7, 11) is 3.10. The third-order valence-electron chi connectivity index (χ3n) is 5.59. The minimum atomic E-state index is -1.07. The molecule has 1 aliphatic rings. The number of carbonyl (C=O) groups excluding carboxylic acids is 1. The van der Waals surface area contributed by atoms with Crippen molar-refractivity contribution in [2.75, 3.05) is 20.8 Å². The van der Waals surface area contributed by atoms with Crippen molar-refractivity contribution in [3.05, 3.63) is 29.5 Å². The van der Waals surface area contributed by atoms with Gasteiger partial charge in [-0.1, -0.05) is 12.8 Å². The molecule has 1 fully saturated rings. The molecule has 1 unspecified atom stereocenters. The topological polar surface area (TPSA) is 89.8 Å². The second-order valence-electron chi connectivity index (χ2n) is 7.30. The molecule has 0 aliphatic heterocycles. The van der Waals surface area contributed by atoms with Crippen LogP contribution in [-0.2, 0) is 9.53 Å². The summed E-state index contributed by atoms with van der Waals surface area (Å²) in [4.78, 5) is 24.7. The molecule has 0 spiro atoms. The van der Waals surface area contributed by atoms with E-state index >= 15 is 0 Å². The summed E-state index contributed by atoms with van der Waals surface area (Å²) in [5.41, 5.74) is 2.37. The van der Waals surface area contributed by atoms with E-state index in [0.717, 1.165) is 29.4 Å². The third kappa shape index (κ3) is 3.85. The number of aromatic nitrogens is 1. The van der Waals surface area contributed by atoms with Crippen molar-refractivity contribution < 1.29 is 24.2 Å². The highest BCUT2D eigenvalue weighted by Crippen LogP contribution is 2.38. The molecule has 3 rings (SSSR count). The molecule has 1 atom stereocenters. The number of aliphatic carboxylic acids is 1. The third-order valence-corrected chi connectivity index (χ3v) is 5.59. The fourth-order valence-corrected chi connectivity index (χ4v) is 4.19. The lowest BCUT2D eigenvalue weighted by Crippen LogP contribution is -2.41.